The molecule has 0 aliphatic carbocycles. The number of hydrogen-bond acceptors (Lipinski definition) is 4. The number of hydrogen-bond donors (Lipinski definition) is 3. The van der Waals surface area contributed by atoms with E-state index < -0.39 is 10.1 Å². The van der Waals surface area contributed by atoms with Crippen LogP contribution in [0.15, 0.2) is 59.5 Å². The van der Waals surface area contributed by atoms with Crippen LogP contribution >= 0.6 is 0 Å². The molecule has 1 fully saturated rings. The minimum atomic E-state index is -4.02. The lowest BCUT2D eigenvalue weighted by molar-refractivity contribution is 0.0965. The summed E-state index contributed by atoms with van der Waals surface area (Å²) in [5.74, 6) is 0. The lowest BCUT2D eigenvalue weighted by atomic mass is 9.95. The summed E-state index contributed by atoms with van der Waals surface area (Å²) < 4.78 is 29.6. The second-order valence-electron chi connectivity index (χ2n) is 5.84. The van der Waals surface area contributed by atoms with Gasteiger partial charge < -0.3 is 10.4 Å². The van der Waals surface area contributed by atoms with Crippen LogP contribution < -0.4 is 5.32 Å². The third-order valence-electron chi connectivity index (χ3n) is 3.90. The Morgan fingerprint density at radius 2 is 1.67 bits per heavy atom. The summed E-state index contributed by atoms with van der Waals surface area (Å²) in [7, 11) is -4.02. The van der Waals surface area contributed by atoms with E-state index in [4.69, 9.17) is 4.55 Å². The van der Waals surface area contributed by atoms with Crippen LogP contribution in [0.2, 0.25) is 0 Å². The molecule has 2 aromatic rings. The van der Waals surface area contributed by atoms with Gasteiger partial charge in [-0.3, -0.25) is 4.55 Å². The Bertz CT molecular complexity index is 729. The van der Waals surface area contributed by atoms with Crippen LogP contribution in [0.1, 0.15) is 30.0 Å². The van der Waals surface area contributed by atoms with Crippen molar-refractivity contribution in [3.8, 4) is 0 Å². The van der Waals surface area contributed by atoms with Crippen LogP contribution in [0.25, 0.3) is 0 Å². The average Bonchev–Trinajstić information content (AvgIpc) is 2.56. The molecule has 6 heteroatoms. The summed E-state index contributed by atoms with van der Waals surface area (Å²) in [6.07, 6.45) is 1.76. The molecule has 0 amide bonds. The molecule has 0 unspecified atom stereocenters. The maximum absolute atomic E-state index is 10.5. The van der Waals surface area contributed by atoms with Gasteiger partial charge in [-0.1, -0.05) is 48.0 Å². The van der Waals surface area contributed by atoms with Gasteiger partial charge >= 0.3 is 0 Å². The van der Waals surface area contributed by atoms with E-state index in [0.717, 1.165) is 24.9 Å². The van der Waals surface area contributed by atoms with Gasteiger partial charge in [0.1, 0.15) is 0 Å². The molecular weight excluding hydrogens is 326 g/mol. The van der Waals surface area contributed by atoms with Crippen molar-refractivity contribution >= 4 is 10.1 Å². The van der Waals surface area contributed by atoms with E-state index in [9.17, 15) is 13.5 Å². The van der Waals surface area contributed by atoms with E-state index in [2.05, 4.69) is 17.4 Å². The smallest absolute Gasteiger partial charge is 0.294 e. The number of nitrogens with one attached hydrogen (secondary N) is 1. The Morgan fingerprint density at radius 1 is 1.04 bits per heavy atom. The van der Waals surface area contributed by atoms with Gasteiger partial charge in [-0.2, -0.15) is 8.42 Å². The van der Waals surface area contributed by atoms with Crippen molar-refractivity contribution in [2.24, 2.45) is 0 Å². The van der Waals surface area contributed by atoms with Gasteiger partial charge in [0.15, 0.2) is 0 Å². The Morgan fingerprint density at radius 3 is 2.21 bits per heavy atom. The first-order chi connectivity index (χ1) is 11.4. The SMILES string of the molecule is Cc1ccc(S(=O)(=O)O)cc1.O[C@H]1CCCN[C@H]1c1ccccc1. The fourth-order valence-corrected chi connectivity index (χ4v) is 3.06. The molecule has 0 radical (unpaired) electrons. The van der Waals surface area contributed by atoms with Crippen LogP contribution in [0.4, 0.5) is 0 Å². The number of aryl methyl sites for hydroxylation is 1. The van der Waals surface area contributed by atoms with Crippen LogP contribution in [-0.4, -0.2) is 30.7 Å². The lowest BCUT2D eigenvalue weighted by Gasteiger charge is -2.29. The van der Waals surface area contributed by atoms with Crippen LogP contribution in [-0.2, 0) is 10.1 Å². The first-order valence-electron chi connectivity index (χ1n) is 7.88. The minimum absolute atomic E-state index is 0.0666. The van der Waals surface area contributed by atoms with Crippen LogP contribution in [0.3, 0.4) is 0 Å². The Balaban J connectivity index is 0.000000177. The quantitative estimate of drug-likeness (QED) is 0.726. The highest BCUT2D eigenvalue weighted by Gasteiger charge is 2.23. The second kappa shape index (κ2) is 8.39. The maximum atomic E-state index is 10.5. The summed E-state index contributed by atoms with van der Waals surface area (Å²) in [5.41, 5.74) is 2.15. The molecule has 2 atom stereocenters. The first kappa shape index (κ1) is 18.6. The van der Waals surface area contributed by atoms with E-state index in [0.29, 0.717) is 0 Å². The Hall–Kier alpha value is -1.73. The number of aliphatic hydroxyl groups is 1. The molecule has 0 aromatic heterocycles. The summed E-state index contributed by atoms with van der Waals surface area (Å²) in [4.78, 5) is -0.0666. The molecule has 1 saturated heterocycles. The lowest BCUT2D eigenvalue weighted by Crippen LogP contribution is -2.37. The molecule has 0 saturated carbocycles. The highest BCUT2D eigenvalue weighted by Crippen LogP contribution is 2.22. The fourth-order valence-electron chi connectivity index (χ4n) is 2.58. The van der Waals surface area contributed by atoms with Crippen molar-refractivity contribution in [1.82, 2.24) is 5.32 Å². The van der Waals surface area contributed by atoms with Gasteiger partial charge in [0.2, 0.25) is 0 Å². The summed E-state index contributed by atoms with van der Waals surface area (Å²) in [6, 6.07) is 16.3. The molecule has 2 aromatic carbocycles. The predicted octanol–water partition coefficient (Wildman–Crippen LogP) is 2.71. The Kier molecular flexibility index (Phi) is 6.51. The maximum Gasteiger partial charge on any atom is 0.294 e. The van der Waals surface area contributed by atoms with Gasteiger partial charge in [0.25, 0.3) is 10.1 Å². The van der Waals surface area contributed by atoms with Gasteiger partial charge in [0.05, 0.1) is 17.0 Å². The normalized spacial score (nSPS) is 20.8. The fraction of sp³-hybridized carbons (Fsp3) is 0.333. The molecule has 130 valence electrons. The third kappa shape index (κ3) is 5.42. The largest absolute Gasteiger partial charge is 0.391 e. The van der Waals surface area contributed by atoms with Crippen molar-refractivity contribution in [3.05, 3.63) is 65.7 Å². The standard InChI is InChI=1S/C11H15NO.C7H8O3S/c13-10-7-4-8-12-11(10)9-5-2-1-3-6-9;1-6-2-4-7(5-3-6)11(8,9)10/h1-3,5-6,10-13H,4,7-8H2;2-5H,1H3,(H,8,9,10)/t10-,11-;/m0./s1. The second-order valence-corrected chi connectivity index (χ2v) is 7.26. The summed E-state index contributed by atoms with van der Waals surface area (Å²) in [6.45, 7) is 2.85. The molecule has 5 nitrogen and oxygen atoms in total. The predicted molar refractivity (Wildman–Crippen MR) is 93.4 cm³/mol. The minimum Gasteiger partial charge on any atom is -0.391 e. The van der Waals surface area contributed by atoms with Crippen molar-refractivity contribution < 1.29 is 18.1 Å². The van der Waals surface area contributed by atoms with Crippen molar-refractivity contribution in [3.63, 3.8) is 0 Å². The molecule has 3 N–H and O–H groups in total. The van der Waals surface area contributed by atoms with Gasteiger partial charge in [-0.25, -0.2) is 0 Å². The molecule has 3 rings (SSSR count). The molecule has 0 bridgehead atoms. The monoisotopic (exact) mass is 349 g/mol. The Labute approximate surface area is 143 Å². The van der Waals surface area contributed by atoms with Gasteiger partial charge in [0, 0.05) is 0 Å². The number of piperidine rings is 1. The summed E-state index contributed by atoms with van der Waals surface area (Å²) >= 11 is 0. The zero-order valence-electron chi connectivity index (χ0n) is 13.6. The topological polar surface area (TPSA) is 86.6 Å². The van der Waals surface area contributed by atoms with Gasteiger partial charge in [-0.15, -0.1) is 0 Å². The van der Waals surface area contributed by atoms with Crippen molar-refractivity contribution in [1.29, 1.82) is 0 Å². The van der Waals surface area contributed by atoms with Gasteiger partial charge in [-0.05, 0) is 44.0 Å². The third-order valence-corrected chi connectivity index (χ3v) is 4.77. The van der Waals surface area contributed by atoms with E-state index >= 15 is 0 Å². The van der Waals surface area contributed by atoms with Crippen molar-refractivity contribution in [2.75, 3.05) is 6.54 Å². The van der Waals surface area contributed by atoms with Crippen LogP contribution in [0, 0.1) is 6.92 Å². The molecular formula is C18H23NO4S. The van der Waals surface area contributed by atoms with E-state index in [-0.39, 0.29) is 17.0 Å². The van der Waals surface area contributed by atoms with Crippen LogP contribution in [0.5, 0.6) is 0 Å². The zero-order chi connectivity index (χ0) is 17.6. The molecule has 1 aliphatic rings. The summed E-state index contributed by atoms with van der Waals surface area (Å²) in [5, 5.41) is 13.1. The highest BCUT2D eigenvalue weighted by atomic mass is 32.2. The van der Waals surface area contributed by atoms with E-state index in [1.54, 1.807) is 12.1 Å². The number of rotatable bonds is 2. The average molecular weight is 349 g/mol. The number of benzene rings is 2. The molecule has 1 aliphatic heterocycles. The highest BCUT2D eigenvalue weighted by molar-refractivity contribution is 7.85. The molecule has 1 heterocycles. The molecule has 0 spiro atoms. The zero-order valence-corrected chi connectivity index (χ0v) is 14.4. The van der Waals surface area contributed by atoms with E-state index in [1.165, 1.54) is 17.7 Å². The van der Waals surface area contributed by atoms with E-state index in [1.807, 2.05) is 25.1 Å². The molecule has 24 heavy (non-hydrogen) atoms. The first-order valence-corrected chi connectivity index (χ1v) is 9.32. The van der Waals surface area contributed by atoms with Crippen molar-refractivity contribution in [2.45, 2.75) is 36.8 Å². The number of aliphatic hydroxyl groups excluding tert-OH is 1.